The molecule has 1 fully saturated rings. The minimum absolute atomic E-state index is 0.417. The first-order valence-electron chi connectivity index (χ1n) is 6.19. The van der Waals surface area contributed by atoms with Gasteiger partial charge in [-0.05, 0) is 58.9 Å². The quantitative estimate of drug-likeness (QED) is 0.559. The van der Waals surface area contributed by atoms with Gasteiger partial charge < -0.3 is 10.2 Å². The van der Waals surface area contributed by atoms with Crippen LogP contribution in [0.2, 0.25) is 0 Å². The van der Waals surface area contributed by atoms with Gasteiger partial charge in [0.15, 0.2) is 0 Å². The van der Waals surface area contributed by atoms with Crippen LogP contribution in [0.15, 0.2) is 0 Å². The summed E-state index contributed by atoms with van der Waals surface area (Å²) < 4.78 is 0. The maximum absolute atomic E-state index is 6.30. The van der Waals surface area contributed by atoms with Gasteiger partial charge in [-0.25, -0.2) is 0 Å². The third-order valence-corrected chi connectivity index (χ3v) is 3.76. The molecule has 0 bridgehead atoms. The van der Waals surface area contributed by atoms with Crippen LogP contribution in [-0.4, -0.2) is 44.0 Å². The largest absolute Gasteiger partial charge is 0.316 e. The van der Waals surface area contributed by atoms with Gasteiger partial charge in [0, 0.05) is 5.38 Å². The Morgan fingerprint density at radius 1 is 1.27 bits per heavy atom. The number of alkyl halides is 1. The Kier molecular flexibility index (Phi) is 6.62. The van der Waals surface area contributed by atoms with E-state index in [0.29, 0.717) is 11.3 Å². The SMILES string of the molecule is CN(C)CCCNCC1CCCCC1Cl. The molecule has 0 amide bonds. The standard InChI is InChI=1S/C12H25ClN2/c1-15(2)9-5-8-14-10-11-6-3-4-7-12(11)13/h11-12,14H,3-10H2,1-2H3. The molecule has 0 aromatic carbocycles. The van der Waals surface area contributed by atoms with Crippen molar-refractivity contribution in [2.24, 2.45) is 5.92 Å². The van der Waals surface area contributed by atoms with E-state index in [9.17, 15) is 0 Å². The number of nitrogens with zero attached hydrogens (tertiary/aromatic N) is 1. The first-order valence-corrected chi connectivity index (χ1v) is 6.63. The van der Waals surface area contributed by atoms with Gasteiger partial charge in [0.25, 0.3) is 0 Å². The summed E-state index contributed by atoms with van der Waals surface area (Å²) in [5.74, 6) is 0.708. The Morgan fingerprint density at radius 3 is 2.67 bits per heavy atom. The van der Waals surface area contributed by atoms with Crippen LogP contribution in [0.25, 0.3) is 0 Å². The summed E-state index contributed by atoms with van der Waals surface area (Å²) in [6, 6.07) is 0. The maximum atomic E-state index is 6.30. The second-order valence-electron chi connectivity index (χ2n) is 4.92. The predicted molar refractivity (Wildman–Crippen MR) is 67.6 cm³/mol. The molecule has 2 nitrogen and oxygen atoms in total. The van der Waals surface area contributed by atoms with Crippen molar-refractivity contribution in [2.75, 3.05) is 33.7 Å². The summed E-state index contributed by atoms with van der Waals surface area (Å²) >= 11 is 6.30. The summed E-state index contributed by atoms with van der Waals surface area (Å²) in [5, 5.41) is 3.95. The highest BCUT2D eigenvalue weighted by Crippen LogP contribution is 2.27. The van der Waals surface area contributed by atoms with Gasteiger partial charge in [0.1, 0.15) is 0 Å². The molecule has 15 heavy (non-hydrogen) atoms. The molecule has 1 rings (SSSR count). The molecule has 0 spiro atoms. The molecule has 3 heteroatoms. The van der Waals surface area contributed by atoms with Crippen molar-refractivity contribution in [3.8, 4) is 0 Å². The normalized spacial score (nSPS) is 27.2. The third kappa shape index (κ3) is 5.74. The van der Waals surface area contributed by atoms with Crippen LogP contribution in [0, 0.1) is 5.92 Å². The van der Waals surface area contributed by atoms with Crippen LogP contribution in [0.3, 0.4) is 0 Å². The Balaban J connectivity index is 1.99. The van der Waals surface area contributed by atoms with Crippen molar-refractivity contribution < 1.29 is 0 Å². The van der Waals surface area contributed by atoms with Gasteiger partial charge in [-0.15, -0.1) is 11.6 Å². The predicted octanol–water partition coefficient (Wildman–Crippen LogP) is 2.33. The smallest absolute Gasteiger partial charge is 0.0376 e. The molecule has 1 aliphatic carbocycles. The lowest BCUT2D eigenvalue weighted by molar-refractivity contribution is 0.341. The average molecular weight is 233 g/mol. The zero-order valence-corrected chi connectivity index (χ0v) is 10.9. The van der Waals surface area contributed by atoms with Gasteiger partial charge >= 0.3 is 0 Å². The summed E-state index contributed by atoms with van der Waals surface area (Å²) in [5.41, 5.74) is 0. The minimum Gasteiger partial charge on any atom is -0.316 e. The first-order chi connectivity index (χ1) is 7.20. The topological polar surface area (TPSA) is 15.3 Å². The molecule has 90 valence electrons. The molecule has 0 heterocycles. The maximum Gasteiger partial charge on any atom is 0.0376 e. The third-order valence-electron chi connectivity index (χ3n) is 3.18. The Labute approximate surface area is 99.4 Å². The highest BCUT2D eigenvalue weighted by atomic mass is 35.5. The number of halogens is 1. The molecule has 0 aliphatic heterocycles. The van der Waals surface area contributed by atoms with Gasteiger partial charge in [0.2, 0.25) is 0 Å². The van der Waals surface area contributed by atoms with Gasteiger partial charge in [0.05, 0.1) is 0 Å². The van der Waals surface area contributed by atoms with E-state index >= 15 is 0 Å². The molecule has 0 aromatic rings. The van der Waals surface area contributed by atoms with Gasteiger partial charge in [-0.3, -0.25) is 0 Å². The lowest BCUT2D eigenvalue weighted by atomic mass is 9.89. The fraction of sp³-hybridized carbons (Fsp3) is 1.00. The fourth-order valence-electron chi connectivity index (χ4n) is 2.20. The van der Waals surface area contributed by atoms with Gasteiger partial charge in [-0.2, -0.15) is 0 Å². The second-order valence-corrected chi connectivity index (χ2v) is 5.48. The Hall–Kier alpha value is 0.210. The van der Waals surface area contributed by atoms with Crippen molar-refractivity contribution in [1.82, 2.24) is 10.2 Å². The first kappa shape index (κ1) is 13.3. The number of nitrogens with one attached hydrogen (secondary N) is 1. The zero-order valence-electron chi connectivity index (χ0n) is 10.1. The van der Waals surface area contributed by atoms with Crippen LogP contribution in [0.4, 0.5) is 0 Å². The lowest BCUT2D eigenvalue weighted by Crippen LogP contribution is -2.32. The van der Waals surface area contributed by atoms with E-state index in [4.69, 9.17) is 11.6 Å². The highest BCUT2D eigenvalue weighted by Gasteiger charge is 2.22. The summed E-state index contributed by atoms with van der Waals surface area (Å²) in [7, 11) is 4.24. The number of rotatable bonds is 6. The van der Waals surface area contributed by atoms with Crippen LogP contribution < -0.4 is 5.32 Å². The van der Waals surface area contributed by atoms with Crippen LogP contribution in [-0.2, 0) is 0 Å². The molecule has 2 atom stereocenters. The minimum atomic E-state index is 0.417. The Morgan fingerprint density at radius 2 is 2.00 bits per heavy atom. The Bertz CT molecular complexity index is 162. The lowest BCUT2D eigenvalue weighted by Gasteiger charge is -2.27. The van der Waals surface area contributed by atoms with E-state index < -0.39 is 0 Å². The molecule has 1 saturated carbocycles. The zero-order chi connectivity index (χ0) is 11.1. The van der Waals surface area contributed by atoms with Crippen LogP contribution in [0.5, 0.6) is 0 Å². The molecule has 0 aromatic heterocycles. The van der Waals surface area contributed by atoms with Crippen LogP contribution in [0.1, 0.15) is 32.1 Å². The van der Waals surface area contributed by atoms with Crippen molar-refractivity contribution in [3.05, 3.63) is 0 Å². The second kappa shape index (κ2) is 7.48. The summed E-state index contributed by atoms with van der Waals surface area (Å²) in [6.07, 6.45) is 6.45. The van der Waals surface area contributed by atoms with E-state index in [1.165, 1.54) is 38.6 Å². The van der Waals surface area contributed by atoms with Crippen molar-refractivity contribution in [1.29, 1.82) is 0 Å². The fourth-order valence-corrected chi connectivity index (χ4v) is 2.57. The van der Waals surface area contributed by atoms with Gasteiger partial charge in [-0.1, -0.05) is 12.8 Å². The van der Waals surface area contributed by atoms with E-state index in [1.807, 2.05) is 0 Å². The molecular formula is C12H25ClN2. The summed E-state index contributed by atoms with van der Waals surface area (Å²) in [4.78, 5) is 2.23. The van der Waals surface area contributed by atoms with Crippen molar-refractivity contribution in [2.45, 2.75) is 37.5 Å². The number of hydrogen-bond donors (Lipinski definition) is 1. The molecule has 0 saturated heterocycles. The number of hydrogen-bond acceptors (Lipinski definition) is 2. The average Bonchev–Trinajstić information content (AvgIpc) is 2.20. The molecular weight excluding hydrogens is 208 g/mol. The molecule has 2 unspecified atom stereocenters. The van der Waals surface area contributed by atoms with Crippen molar-refractivity contribution in [3.63, 3.8) is 0 Å². The van der Waals surface area contributed by atoms with E-state index in [-0.39, 0.29) is 0 Å². The van der Waals surface area contributed by atoms with Crippen LogP contribution >= 0.6 is 11.6 Å². The highest BCUT2D eigenvalue weighted by molar-refractivity contribution is 6.20. The molecule has 1 aliphatic rings. The van der Waals surface area contributed by atoms with E-state index in [0.717, 1.165) is 13.1 Å². The summed E-state index contributed by atoms with van der Waals surface area (Å²) in [6.45, 7) is 3.40. The molecule has 0 radical (unpaired) electrons. The van der Waals surface area contributed by atoms with E-state index in [2.05, 4.69) is 24.3 Å². The monoisotopic (exact) mass is 232 g/mol. The van der Waals surface area contributed by atoms with E-state index in [1.54, 1.807) is 0 Å². The molecule has 1 N–H and O–H groups in total. The van der Waals surface area contributed by atoms with Crippen molar-refractivity contribution >= 4 is 11.6 Å².